The van der Waals surface area contributed by atoms with E-state index in [1.165, 1.54) is 0 Å². The second-order valence-corrected chi connectivity index (χ2v) is 6.53. The lowest BCUT2D eigenvalue weighted by atomic mass is 9.96. The van der Waals surface area contributed by atoms with Crippen molar-refractivity contribution in [3.05, 3.63) is 76.3 Å². The Kier molecular flexibility index (Phi) is 4.34. The van der Waals surface area contributed by atoms with Crippen molar-refractivity contribution in [3.8, 4) is 0 Å². The van der Waals surface area contributed by atoms with Crippen molar-refractivity contribution in [1.29, 1.82) is 0 Å². The summed E-state index contributed by atoms with van der Waals surface area (Å²) in [5.41, 5.74) is 1.90. The Bertz CT molecular complexity index is 785. The van der Waals surface area contributed by atoms with E-state index in [1.54, 1.807) is 11.8 Å². The van der Waals surface area contributed by atoms with Crippen LogP contribution < -0.4 is 0 Å². The first-order chi connectivity index (χ1) is 10.2. The summed E-state index contributed by atoms with van der Waals surface area (Å²) in [6.45, 7) is 0. The Labute approximate surface area is 137 Å². The first-order valence-electron chi connectivity index (χ1n) is 6.70. The molecule has 1 nitrogen and oxygen atoms in total. The fourth-order valence-corrected chi connectivity index (χ4v) is 3.69. The molecule has 106 valence electrons. The summed E-state index contributed by atoms with van der Waals surface area (Å²) in [7, 11) is 0. The van der Waals surface area contributed by atoms with Crippen molar-refractivity contribution in [2.75, 3.05) is 6.26 Å². The average Bonchev–Trinajstić information content (AvgIpc) is 2.55. The molecule has 0 heterocycles. The average molecular weight is 359 g/mol. The number of hydrogen-bond acceptors (Lipinski definition) is 2. The van der Waals surface area contributed by atoms with Crippen molar-refractivity contribution in [2.45, 2.75) is 11.0 Å². The van der Waals surface area contributed by atoms with Gasteiger partial charge >= 0.3 is 0 Å². The summed E-state index contributed by atoms with van der Waals surface area (Å²) in [5, 5.41) is 13.1. The van der Waals surface area contributed by atoms with Gasteiger partial charge in [-0.25, -0.2) is 0 Å². The van der Waals surface area contributed by atoms with E-state index in [0.717, 1.165) is 31.3 Å². The minimum absolute atomic E-state index is 0.619. The van der Waals surface area contributed by atoms with E-state index < -0.39 is 6.10 Å². The van der Waals surface area contributed by atoms with E-state index in [4.69, 9.17) is 0 Å². The van der Waals surface area contributed by atoms with E-state index in [1.807, 2.05) is 54.8 Å². The predicted molar refractivity (Wildman–Crippen MR) is 93.9 cm³/mol. The fourth-order valence-electron chi connectivity index (χ4n) is 2.58. The Morgan fingerprint density at radius 1 is 0.857 bits per heavy atom. The third-order valence-corrected chi connectivity index (χ3v) is 5.14. The SMILES string of the molecule is CSc1ccccc1C(O)c1ccc(Br)c2ccccc12. The zero-order valence-corrected chi connectivity index (χ0v) is 14.0. The van der Waals surface area contributed by atoms with E-state index in [9.17, 15) is 5.11 Å². The summed E-state index contributed by atoms with van der Waals surface area (Å²) < 4.78 is 1.05. The standard InChI is InChI=1S/C18H15BrOS/c1-21-17-9-5-4-8-15(17)18(20)14-10-11-16(19)13-7-3-2-6-12(13)14/h2-11,18,20H,1H3. The Balaban J connectivity index is 2.18. The van der Waals surface area contributed by atoms with Crippen molar-refractivity contribution in [2.24, 2.45) is 0 Å². The van der Waals surface area contributed by atoms with E-state index in [-0.39, 0.29) is 0 Å². The third-order valence-electron chi connectivity index (χ3n) is 3.63. The highest BCUT2D eigenvalue weighted by Gasteiger charge is 2.17. The van der Waals surface area contributed by atoms with Crippen LogP contribution >= 0.6 is 27.7 Å². The topological polar surface area (TPSA) is 20.2 Å². The van der Waals surface area contributed by atoms with Crippen molar-refractivity contribution < 1.29 is 5.11 Å². The van der Waals surface area contributed by atoms with Gasteiger partial charge in [-0.3, -0.25) is 0 Å². The Hall–Kier alpha value is -1.29. The summed E-state index contributed by atoms with van der Waals surface area (Å²) in [6, 6.07) is 20.1. The number of rotatable bonds is 3. The molecule has 0 aliphatic carbocycles. The van der Waals surface area contributed by atoms with Crippen LogP contribution in [-0.4, -0.2) is 11.4 Å². The lowest BCUT2D eigenvalue weighted by Crippen LogP contribution is -2.02. The molecule has 0 saturated carbocycles. The number of thioether (sulfide) groups is 1. The molecule has 0 saturated heterocycles. The normalized spacial score (nSPS) is 12.5. The molecule has 0 aliphatic rings. The first kappa shape index (κ1) is 14.6. The number of benzene rings is 3. The number of halogens is 1. The smallest absolute Gasteiger partial charge is 0.106 e. The van der Waals surface area contributed by atoms with E-state index in [0.29, 0.717) is 0 Å². The molecule has 0 bridgehead atoms. The van der Waals surface area contributed by atoms with Crippen LogP contribution in [0.5, 0.6) is 0 Å². The second-order valence-electron chi connectivity index (χ2n) is 4.83. The molecule has 21 heavy (non-hydrogen) atoms. The monoisotopic (exact) mass is 358 g/mol. The molecule has 0 amide bonds. The van der Waals surface area contributed by atoms with Gasteiger partial charge in [0.25, 0.3) is 0 Å². The Morgan fingerprint density at radius 2 is 1.52 bits per heavy atom. The van der Waals surface area contributed by atoms with Crippen molar-refractivity contribution in [3.63, 3.8) is 0 Å². The number of fused-ring (bicyclic) bond motifs is 1. The van der Waals surface area contributed by atoms with Gasteiger partial charge in [0, 0.05) is 9.37 Å². The maximum atomic E-state index is 10.9. The quantitative estimate of drug-likeness (QED) is 0.632. The van der Waals surface area contributed by atoms with Crippen LogP contribution in [0.4, 0.5) is 0 Å². The number of hydrogen-bond donors (Lipinski definition) is 1. The van der Waals surface area contributed by atoms with Crippen LogP contribution in [0, 0.1) is 0 Å². The fraction of sp³-hybridized carbons (Fsp3) is 0.111. The highest BCUT2D eigenvalue weighted by atomic mass is 79.9. The van der Waals surface area contributed by atoms with Crippen LogP contribution in [0.2, 0.25) is 0 Å². The van der Waals surface area contributed by atoms with Crippen LogP contribution in [0.1, 0.15) is 17.2 Å². The highest BCUT2D eigenvalue weighted by Crippen LogP contribution is 2.35. The van der Waals surface area contributed by atoms with Gasteiger partial charge < -0.3 is 5.11 Å². The van der Waals surface area contributed by atoms with Gasteiger partial charge in [0.2, 0.25) is 0 Å². The zero-order chi connectivity index (χ0) is 14.8. The van der Waals surface area contributed by atoms with Gasteiger partial charge in [-0.15, -0.1) is 11.8 Å². The van der Waals surface area contributed by atoms with Crippen molar-refractivity contribution >= 4 is 38.5 Å². The summed E-state index contributed by atoms with van der Waals surface area (Å²) in [4.78, 5) is 1.11. The van der Waals surface area contributed by atoms with Crippen LogP contribution in [-0.2, 0) is 0 Å². The number of aliphatic hydroxyl groups excluding tert-OH is 1. The van der Waals surface area contributed by atoms with Gasteiger partial charge in [-0.2, -0.15) is 0 Å². The lowest BCUT2D eigenvalue weighted by molar-refractivity contribution is 0.219. The van der Waals surface area contributed by atoms with E-state index >= 15 is 0 Å². The molecule has 1 atom stereocenters. The first-order valence-corrected chi connectivity index (χ1v) is 8.72. The van der Waals surface area contributed by atoms with Gasteiger partial charge in [-0.1, -0.05) is 64.5 Å². The highest BCUT2D eigenvalue weighted by molar-refractivity contribution is 9.10. The van der Waals surface area contributed by atoms with Gasteiger partial charge in [0.05, 0.1) is 0 Å². The summed E-state index contributed by atoms with van der Waals surface area (Å²) >= 11 is 5.24. The largest absolute Gasteiger partial charge is 0.384 e. The summed E-state index contributed by atoms with van der Waals surface area (Å²) in [5.74, 6) is 0. The predicted octanol–water partition coefficient (Wildman–Crippen LogP) is 5.41. The van der Waals surface area contributed by atoms with Gasteiger partial charge in [-0.05, 0) is 40.3 Å². The van der Waals surface area contributed by atoms with E-state index in [2.05, 4.69) is 28.1 Å². The molecule has 0 aromatic heterocycles. The molecule has 0 spiro atoms. The molecule has 1 N–H and O–H groups in total. The van der Waals surface area contributed by atoms with Crippen LogP contribution in [0.25, 0.3) is 10.8 Å². The molecule has 0 aliphatic heterocycles. The molecule has 3 aromatic rings. The minimum atomic E-state index is -0.619. The maximum Gasteiger partial charge on any atom is 0.106 e. The lowest BCUT2D eigenvalue weighted by Gasteiger charge is -2.17. The third kappa shape index (κ3) is 2.73. The van der Waals surface area contributed by atoms with Gasteiger partial charge in [0.15, 0.2) is 0 Å². The molecule has 0 radical (unpaired) electrons. The van der Waals surface area contributed by atoms with Gasteiger partial charge in [0.1, 0.15) is 6.10 Å². The molecule has 3 aromatic carbocycles. The molecule has 1 unspecified atom stereocenters. The number of aliphatic hydroxyl groups is 1. The van der Waals surface area contributed by atoms with Crippen LogP contribution in [0.15, 0.2) is 70.0 Å². The molecular formula is C18H15BrOS. The minimum Gasteiger partial charge on any atom is -0.384 e. The summed E-state index contributed by atoms with van der Waals surface area (Å²) in [6.07, 6.45) is 1.41. The molecular weight excluding hydrogens is 344 g/mol. The molecule has 3 rings (SSSR count). The van der Waals surface area contributed by atoms with Crippen molar-refractivity contribution in [1.82, 2.24) is 0 Å². The molecule has 3 heteroatoms. The second kappa shape index (κ2) is 6.22. The zero-order valence-electron chi connectivity index (χ0n) is 11.6. The Morgan fingerprint density at radius 3 is 2.29 bits per heavy atom. The molecule has 0 fully saturated rings. The maximum absolute atomic E-state index is 10.9. The van der Waals surface area contributed by atoms with Crippen LogP contribution in [0.3, 0.4) is 0 Å².